The third kappa shape index (κ3) is 8.54. The van der Waals surface area contributed by atoms with Gasteiger partial charge in [-0.05, 0) is 48.5 Å². The van der Waals surface area contributed by atoms with Gasteiger partial charge < -0.3 is 14.8 Å². The number of carbonyl (C=O) groups excluding carboxylic acids is 2. The lowest BCUT2D eigenvalue weighted by Crippen LogP contribution is -2.44. The highest BCUT2D eigenvalue weighted by molar-refractivity contribution is 5.81. The van der Waals surface area contributed by atoms with Gasteiger partial charge in [-0.2, -0.15) is 0 Å². The molecule has 0 aliphatic rings. The fourth-order valence-electron chi connectivity index (χ4n) is 0.933. The number of alkyl carbamates (subject to hydrolysis) is 1. The van der Waals surface area contributed by atoms with Crippen LogP contribution in [0.25, 0.3) is 0 Å². The number of ether oxygens (including phenoxy) is 2. The van der Waals surface area contributed by atoms with Crippen molar-refractivity contribution in [2.24, 2.45) is 0 Å². The second kappa shape index (κ2) is 5.38. The molecule has 0 aliphatic carbocycles. The summed E-state index contributed by atoms with van der Waals surface area (Å²) in [6, 6.07) is -0.732. The van der Waals surface area contributed by atoms with Crippen LogP contribution in [0.1, 0.15) is 48.5 Å². The van der Waals surface area contributed by atoms with Crippen LogP contribution < -0.4 is 5.32 Å². The Morgan fingerprint density at radius 2 is 1.35 bits per heavy atom. The number of carbonyl (C=O) groups is 2. The minimum atomic E-state index is -0.732. The van der Waals surface area contributed by atoms with Crippen LogP contribution in [0.3, 0.4) is 0 Å². The lowest BCUT2D eigenvalue weighted by Gasteiger charge is -2.24. The van der Waals surface area contributed by atoms with Gasteiger partial charge in [0.15, 0.2) is 0 Å². The monoisotopic (exact) mass is 245 g/mol. The van der Waals surface area contributed by atoms with E-state index < -0.39 is 29.3 Å². The maximum Gasteiger partial charge on any atom is 0.408 e. The quantitative estimate of drug-likeness (QED) is 0.758. The molecule has 0 aromatic heterocycles. The third-order valence-electron chi connectivity index (χ3n) is 1.49. The molecule has 0 fully saturated rings. The maximum absolute atomic E-state index is 11.6. The number of esters is 1. The molecule has 0 saturated carbocycles. The largest absolute Gasteiger partial charge is 0.458 e. The fourth-order valence-corrected chi connectivity index (χ4v) is 0.933. The van der Waals surface area contributed by atoms with Crippen molar-refractivity contribution < 1.29 is 19.1 Å². The van der Waals surface area contributed by atoms with E-state index in [2.05, 4.69) is 5.32 Å². The second-order valence-corrected chi connectivity index (χ2v) is 5.90. The highest BCUT2D eigenvalue weighted by atomic mass is 16.6. The summed E-state index contributed by atoms with van der Waals surface area (Å²) in [5.41, 5.74) is -1.15. The van der Waals surface area contributed by atoms with Crippen LogP contribution in [-0.2, 0) is 14.3 Å². The first-order valence-corrected chi connectivity index (χ1v) is 5.63. The Hall–Kier alpha value is -1.26. The van der Waals surface area contributed by atoms with Crippen LogP contribution in [-0.4, -0.2) is 29.3 Å². The normalized spacial score (nSPS) is 13.8. The molecule has 0 saturated heterocycles. The molecule has 0 bridgehead atoms. The van der Waals surface area contributed by atoms with Gasteiger partial charge in [-0.1, -0.05) is 0 Å². The Labute approximate surface area is 103 Å². The predicted octanol–water partition coefficient (Wildman–Crippen LogP) is 2.24. The molecule has 0 radical (unpaired) electrons. The molecule has 0 spiro atoms. The molecule has 17 heavy (non-hydrogen) atoms. The van der Waals surface area contributed by atoms with Crippen LogP contribution in [0.4, 0.5) is 4.79 Å². The van der Waals surface area contributed by atoms with E-state index in [-0.39, 0.29) is 0 Å². The van der Waals surface area contributed by atoms with Crippen LogP contribution >= 0.6 is 0 Å². The van der Waals surface area contributed by atoms with Gasteiger partial charge in [0, 0.05) is 0 Å². The fraction of sp³-hybridized carbons (Fsp3) is 0.833. The molecular weight excluding hydrogens is 222 g/mol. The van der Waals surface area contributed by atoms with Gasteiger partial charge in [-0.15, -0.1) is 0 Å². The van der Waals surface area contributed by atoms with E-state index in [1.54, 1.807) is 48.5 Å². The lowest BCUT2D eigenvalue weighted by atomic mass is 10.2. The summed E-state index contributed by atoms with van der Waals surface area (Å²) >= 11 is 0. The maximum atomic E-state index is 11.6. The minimum Gasteiger partial charge on any atom is -0.458 e. The van der Waals surface area contributed by atoms with Gasteiger partial charge in [0.25, 0.3) is 0 Å². The minimum absolute atomic E-state index is 0.483. The molecule has 5 heteroatoms. The highest BCUT2D eigenvalue weighted by Crippen LogP contribution is 2.09. The number of nitrogens with one attached hydrogen (secondary N) is 1. The Balaban J connectivity index is 4.22. The first-order valence-electron chi connectivity index (χ1n) is 5.63. The first-order chi connectivity index (χ1) is 7.41. The summed E-state index contributed by atoms with van der Waals surface area (Å²) in [7, 11) is 0. The van der Waals surface area contributed by atoms with Crippen molar-refractivity contribution in [2.45, 2.75) is 65.7 Å². The van der Waals surface area contributed by atoms with Gasteiger partial charge in [0.05, 0.1) is 0 Å². The van der Waals surface area contributed by atoms with E-state index in [9.17, 15) is 9.59 Å². The average molecular weight is 245 g/mol. The summed E-state index contributed by atoms with van der Waals surface area (Å²) < 4.78 is 10.2. The summed E-state index contributed by atoms with van der Waals surface area (Å²) in [6.45, 7) is 12.1. The SMILES string of the molecule is C[C@@H](NC(=O)OC(C)(C)C)C(=O)OC(C)(C)C. The van der Waals surface area contributed by atoms with Crippen molar-refractivity contribution >= 4 is 12.1 Å². The Morgan fingerprint density at radius 1 is 0.941 bits per heavy atom. The van der Waals surface area contributed by atoms with Gasteiger partial charge >= 0.3 is 12.1 Å². The Kier molecular flexibility index (Phi) is 4.98. The van der Waals surface area contributed by atoms with E-state index in [4.69, 9.17) is 9.47 Å². The summed E-state index contributed by atoms with van der Waals surface area (Å²) in [4.78, 5) is 23.0. The van der Waals surface area contributed by atoms with Crippen LogP contribution in [0.15, 0.2) is 0 Å². The van der Waals surface area contributed by atoms with Gasteiger partial charge in [-0.3, -0.25) is 0 Å². The number of amides is 1. The van der Waals surface area contributed by atoms with Crippen LogP contribution in [0.5, 0.6) is 0 Å². The number of hydrogen-bond donors (Lipinski definition) is 1. The first kappa shape index (κ1) is 15.7. The van der Waals surface area contributed by atoms with Gasteiger partial charge in [0.1, 0.15) is 17.2 Å². The van der Waals surface area contributed by atoms with E-state index in [1.807, 2.05) is 0 Å². The van der Waals surface area contributed by atoms with Crippen molar-refractivity contribution in [3.63, 3.8) is 0 Å². The molecule has 0 aliphatic heterocycles. The molecule has 0 unspecified atom stereocenters. The zero-order valence-corrected chi connectivity index (χ0v) is 11.7. The molecule has 0 aromatic rings. The third-order valence-corrected chi connectivity index (χ3v) is 1.49. The average Bonchev–Trinajstić information content (AvgIpc) is 1.95. The molecule has 5 nitrogen and oxygen atoms in total. The topological polar surface area (TPSA) is 64.6 Å². The Morgan fingerprint density at radius 3 is 1.71 bits per heavy atom. The van der Waals surface area contributed by atoms with Gasteiger partial charge in [0.2, 0.25) is 0 Å². The smallest absolute Gasteiger partial charge is 0.408 e. The summed E-state index contributed by atoms with van der Waals surface area (Å²) in [5, 5.41) is 2.42. The van der Waals surface area contributed by atoms with Gasteiger partial charge in [-0.25, -0.2) is 9.59 Å². The van der Waals surface area contributed by atoms with E-state index in [0.29, 0.717) is 0 Å². The highest BCUT2D eigenvalue weighted by Gasteiger charge is 2.25. The van der Waals surface area contributed by atoms with E-state index >= 15 is 0 Å². The summed E-state index contributed by atoms with van der Waals surface area (Å²) in [6.07, 6.45) is -0.629. The van der Waals surface area contributed by atoms with E-state index in [1.165, 1.54) is 0 Å². The van der Waals surface area contributed by atoms with Crippen molar-refractivity contribution in [3.05, 3.63) is 0 Å². The summed E-state index contributed by atoms with van der Waals surface area (Å²) in [5.74, 6) is -0.483. The lowest BCUT2D eigenvalue weighted by molar-refractivity contribution is -0.156. The molecule has 1 N–H and O–H groups in total. The standard InChI is InChI=1S/C12H23NO4/c1-8(9(14)16-11(2,3)4)13-10(15)17-12(5,6)7/h8H,1-7H3,(H,13,15)/t8-/m1/s1. The molecule has 1 amide bonds. The molecule has 0 rings (SSSR count). The number of rotatable bonds is 2. The zero-order chi connectivity index (χ0) is 13.9. The number of hydrogen-bond acceptors (Lipinski definition) is 4. The van der Waals surface area contributed by atoms with Crippen molar-refractivity contribution in [3.8, 4) is 0 Å². The molecule has 0 heterocycles. The van der Waals surface area contributed by atoms with Crippen molar-refractivity contribution in [1.29, 1.82) is 0 Å². The molecular formula is C12H23NO4. The predicted molar refractivity (Wildman–Crippen MR) is 64.7 cm³/mol. The molecule has 0 aromatic carbocycles. The van der Waals surface area contributed by atoms with Crippen molar-refractivity contribution in [2.75, 3.05) is 0 Å². The van der Waals surface area contributed by atoms with Crippen molar-refractivity contribution in [1.82, 2.24) is 5.32 Å². The molecule has 100 valence electrons. The zero-order valence-electron chi connectivity index (χ0n) is 11.7. The van der Waals surface area contributed by atoms with Crippen LogP contribution in [0, 0.1) is 0 Å². The van der Waals surface area contributed by atoms with E-state index in [0.717, 1.165) is 0 Å². The Bertz CT molecular complexity index is 286. The molecule has 1 atom stereocenters. The van der Waals surface area contributed by atoms with Crippen LogP contribution in [0.2, 0.25) is 0 Å². The second-order valence-electron chi connectivity index (χ2n) is 5.90.